The molecule has 1 heterocycles. The Morgan fingerprint density at radius 3 is 2.71 bits per heavy atom. The van der Waals surface area contributed by atoms with Gasteiger partial charge in [-0.3, -0.25) is 4.79 Å². The smallest absolute Gasteiger partial charge is 0.219 e. The molecule has 80 valence electrons. The number of hydrogen-bond donors (Lipinski definition) is 0. The van der Waals surface area contributed by atoms with E-state index in [-0.39, 0.29) is 5.91 Å². The lowest BCUT2D eigenvalue weighted by molar-refractivity contribution is -0.130. The van der Waals surface area contributed by atoms with Crippen molar-refractivity contribution in [3.8, 4) is 0 Å². The van der Waals surface area contributed by atoms with E-state index < -0.39 is 0 Å². The van der Waals surface area contributed by atoms with Gasteiger partial charge in [0.2, 0.25) is 5.91 Å². The van der Waals surface area contributed by atoms with Crippen molar-refractivity contribution in [2.45, 2.75) is 19.8 Å². The average molecular weight is 197 g/mol. The van der Waals surface area contributed by atoms with E-state index in [0.29, 0.717) is 12.5 Å². The molecule has 0 radical (unpaired) electrons. The van der Waals surface area contributed by atoms with Gasteiger partial charge in [-0.25, -0.2) is 0 Å². The quantitative estimate of drug-likeness (QED) is 0.504. The molecular weight excluding hydrogens is 178 g/mol. The van der Waals surface area contributed by atoms with Crippen LogP contribution >= 0.6 is 0 Å². The molecule has 0 aromatic carbocycles. The van der Waals surface area contributed by atoms with Gasteiger partial charge in [0, 0.05) is 26.6 Å². The lowest BCUT2D eigenvalue weighted by atomic mass is 9.98. The van der Waals surface area contributed by atoms with Crippen LogP contribution in [0.4, 0.5) is 0 Å². The van der Waals surface area contributed by atoms with Gasteiger partial charge >= 0.3 is 0 Å². The van der Waals surface area contributed by atoms with Crippen LogP contribution in [0.15, 0.2) is 12.7 Å². The Labute approximate surface area is 85.7 Å². The lowest BCUT2D eigenvalue weighted by Crippen LogP contribution is -2.38. The maximum atomic E-state index is 11.0. The lowest BCUT2D eigenvalue weighted by Gasteiger charge is -2.30. The first-order chi connectivity index (χ1) is 6.74. The van der Waals surface area contributed by atoms with Crippen molar-refractivity contribution in [3.05, 3.63) is 12.7 Å². The van der Waals surface area contributed by atoms with E-state index >= 15 is 0 Å². The zero-order valence-electron chi connectivity index (χ0n) is 8.87. The summed E-state index contributed by atoms with van der Waals surface area (Å²) in [7, 11) is 0. The second-order valence-corrected chi connectivity index (χ2v) is 3.78. The highest BCUT2D eigenvalue weighted by Crippen LogP contribution is 2.17. The number of piperidine rings is 1. The number of rotatable bonds is 4. The molecule has 0 N–H and O–H groups in total. The minimum atomic E-state index is 0.190. The van der Waals surface area contributed by atoms with E-state index in [9.17, 15) is 4.79 Å². The Hall–Kier alpha value is -0.830. The predicted octanol–water partition coefficient (Wildman–Crippen LogP) is 1.45. The van der Waals surface area contributed by atoms with Crippen molar-refractivity contribution in [1.82, 2.24) is 4.90 Å². The van der Waals surface area contributed by atoms with Crippen LogP contribution in [0.25, 0.3) is 0 Å². The molecule has 0 aliphatic carbocycles. The van der Waals surface area contributed by atoms with Crippen LogP contribution in [0.1, 0.15) is 19.8 Å². The van der Waals surface area contributed by atoms with Crippen molar-refractivity contribution in [1.29, 1.82) is 0 Å². The maximum absolute atomic E-state index is 11.0. The number of hydrogen-bond acceptors (Lipinski definition) is 2. The molecule has 14 heavy (non-hydrogen) atoms. The minimum absolute atomic E-state index is 0.190. The fourth-order valence-electron chi connectivity index (χ4n) is 1.73. The Balaban J connectivity index is 2.15. The Bertz CT molecular complexity index is 195. The molecule has 1 amide bonds. The van der Waals surface area contributed by atoms with Crippen molar-refractivity contribution in [2.24, 2.45) is 5.92 Å². The van der Waals surface area contributed by atoms with E-state index in [2.05, 4.69) is 6.58 Å². The fourth-order valence-corrected chi connectivity index (χ4v) is 1.73. The standard InChI is InChI=1S/C11H19NO2/c1-3-8-14-9-11-4-6-12(7-5-11)10(2)13/h3,11H,1,4-9H2,2H3. The van der Waals surface area contributed by atoms with Crippen LogP contribution in [0.2, 0.25) is 0 Å². The van der Waals surface area contributed by atoms with Crippen molar-refractivity contribution < 1.29 is 9.53 Å². The van der Waals surface area contributed by atoms with Crippen molar-refractivity contribution >= 4 is 5.91 Å². The van der Waals surface area contributed by atoms with Crippen LogP contribution in [0.5, 0.6) is 0 Å². The topological polar surface area (TPSA) is 29.5 Å². The molecule has 0 unspecified atom stereocenters. The monoisotopic (exact) mass is 197 g/mol. The summed E-state index contributed by atoms with van der Waals surface area (Å²) in [5, 5.41) is 0. The zero-order chi connectivity index (χ0) is 10.4. The SMILES string of the molecule is C=CCOCC1CCN(C(C)=O)CC1. The first-order valence-corrected chi connectivity index (χ1v) is 5.18. The van der Waals surface area contributed by atoms with Gasteiger partial charge in [-0.15, -0.1) is 6.58 Å². The third-order valence-corrected chi connectivity index (χ3v) is 2.65. The Morgan fingerprint density at radius 2 is 2.21 bits per heavy atom. The predicted molar refractivity (Wildman–Crippen MR) is 56.0 cm³/mol. The van der Waals surface area contributed by atoms with Crippen LogP contribution in [0, 0.1) is 5.92 Å². The maximum Gasteiger partial charge on any atom is 0.219 e. The molecule has 1 saturated heterocycles. The summed E-state index contributed by atoms with van der Waals surface area (Å²) in [5.41, 5.74) is 0. The average Bonchev–Trinajstić information content (AvgIpc) is 2.19. The van der Waals surface area contributed by atoms with E-state index in [1.807, 2.05) is 4.90 Å². The molecule has 1 aliphatic rings. The summed E-state index contributed by atoms with van der Waals surface area (Å²) in [6, 6.07) is 0. The second kappa shape index (κ2) is 5.81. The summed E-state index contributed by atoms with van der Waals surface area (Å²) in [6.45, 7) is 8.44. The van der Waals surface area contributed by atoms with Crippen LogP contribution in [-0.2, 0) is 9.53 Å². The van der Waals surface area contributed by atoms with Gasteiger partial charge in [-0.05, 0) is 18.8 Å². The molecular formula is C11H19NO2. The zero-order valence-corrected chi connectivity index (χ0v) is 8.87. The molecule has 0 bridgehead atoms. The van der Waals surface area contributed by atoms with Gasteiger partial charge in [0.05, 0.1) is 6.61 Å². The normalized spacial score (nSPS) is 18.2. The van der Waals surface area contributed by atoms with Gasteiger partial charge in [-0.2, -0.15) is 0 Å². The highest BCUT2D eigenvalue weighted by atomic mass is 16.5. The highest BCUT2D eigenvalue weighted by molar-refractivity contribution is 5.73. The molecule has 1 fully saturated rings. The van der Waals surface area contributed by atoms with Crippen LogP contribution in [0.3, 0.4) is 0 Å². The summed E-state index contributed by atoms with van der Waals surface area (Å²) in [5.74, 6) is 0.806. The summed E-state index contributed by atoms with van der Waals surface area (Å²) in [4.78, 5) is 13.0. The van der Waals surface area contributed by atoms with E-state index in [1.54, 1.807) is 13.0 Å². The number of nitrogens with zero attached hydrogens (tertiary/aromatic N) is 1. The molecule has 3 heteroatoms. The number of carbonyl (C=O) groups excluding carboxylic acids is 1. The van der Waals surface area contributed by atoms with E-state index in [4.69, 9.17) is 4.74 Å². The van der Waals surface area contributed by atoms with Crippen LogP contribution in [-0.4, -0.2) is 37.1 Å². The summed E-state index contributed by atoms with van der Waals surface area (Å²) >= 11 is 0. The minimum Gasteiger partial charge on any atom is -0.377 e. The highest BCUT2D eigenvalue weighted by Gasteiger charge is 2.20. The van der Waals surface area contributed by atoms with Gasteiger partial charge in [-0.1, -0.05) is 6.08 Å². The molecule has 0 atom stereocenters. The second-order valence-electron chi connectivity index (χ2n) is 3.78. The van der Waals surface area contributed by atoms with Gasteiger partial charge < -0.3 is 9.64 Å². The number of ether oxygens (including phenoxy) is 1. The molecule has 0 aromatic heterocycles. The Morgan fingerprint density at radius 1 is 1.57 bits per heavy atom. The number of amides is 1. The fraction of sp³-hybridized carbons (Fsp3) is 0.727. The molecule has 3 nitrogen and oxygen atoms in total. The molecule has 1 rings (SSSR count). The summed E-state index contributed by atoms with van der Waals surface area (Å²) < 4.78 is 5.40. The van der Waals surface area contributed by atoms with Gasteiger partial charge in [0.15, 0.2) is 0 Å². The largest absolute Gasteiger partial charge is 0.377 e. The molecule has 0 saturated carbocycles. The third kappa shape index (κ3) is 3.50. The van der Waals surface area contributed by atoms with Gasteiger partial charge in [0.25, 0.3) is 0 Å². The van der Waals surface area contributed by atoms with E-state index in [1.165, 1.54) is 0 Å². The van der Waals surface area contributed by atoms with Crippen molar-refractivity contribution in [2.75, 3.05) is 26.3 Å². The number of carbonyl (C=O) groups is 1. The third-order valence-electron chi connectivity index (χ3n) is 2.65. The van der Waals surface area contributed by atoms with Crippen molar-refractivity contribution in [3.63, 3.8) is 0 Å². The number of likely N-dealkylation sites (tertiary alicyclic amines) is 1. The molecule has 0 spiro atoms. The van der Waals surface area contributed by atoms with Gasteiger partial charge in [0.1, 0.15) is 0 Å². The molecule has 1 aliphatic heterocycles. The Kier molecular flexibility index (Phi) is 4.66. The summed E-state index contributed by atoms with van der Waals surface area (Å²) in [6.07, 6.45) is 3.90. The van der Waals surface area contributed by atoms with Crippen LogP contribution < -0.4 is 0 Å². The van der Waals surface area contributed by atoms with E-state index in [0.717, 1.165) is 32.5 Å². The molecule has 0 aromatic rings. The first kappa shape index (κ1) is 11.2. The first-order valence-electron chi connectivity index (χ1n) is 5.18.